The summed E-state index contributed by atoms with van der Waals surface area (Å²) in [6.45, 7) is 8.65. The fourth-order valence-electron chi connectivity index (χ4n) is 10.2. The minimum Gasteiger partial charge on any atom is -0.372 e. The molecule has 2 N–H and O–H groups in total. The highest BCUT2D eigenvalue weighted by molar-refractivity contribution is 6.32. The van der Waals surface area contributed by atoms with Gasteiger partial charge in [0, 0.05) is 101 Å². The van der Waals surface area contributed by atoms with Gasteiger partial charge in [-0.05, 0) is 105 Å². The number of carbonyl (C=O) groups excluding carboxylic acids is 4. The van der Waals surface area contributed by atoms with Crippen LogP contribution in [0.25, 0.3) is 0 Å². The van der Waals surface area contributed by atoms with Gasteiger partial charge in [0.2, 0.25) is 5.91 Å². The van der Waals surface area contributed by atoms with Crippen molar-refractivity contribution in [1.29, 1.82) is 5.26 Å². The Morgan fingerprint density at radius 2 is 1.36 bits per heavy atom. The maximum absolute atomic E-state index is 13.6. The lowest BCUT2D eigenvalue weighted by Crippen LogP contribution is -2.57. The van der Waals surface area contributed by atoms with Crippen LogP contribution in [0.1, 0.15) is 81.6 Å². The molecule has 1 spiro atoms. The van der Waals surface area contributed by atoms with Crippen LogP contribution in [0.15, 0.2) is 60.7 Å². The molecule has 9 rings (SSSR count). The van der Waals surface area contributed by atoms with Gasteiger partial charge in [0.15, 0.2) is 0 Å². The Labute approximate surface area is 343 Å². The third-order valence-electron chi connectivity index (χ3n) is 13.7. The van der Waals surface area contributed by atoms with E-state index in [0.717, 1.165) is 112 Å². The fourth-order valence-corrected chi connectivity index (χ4v) is 10.4. The Hall–Kier alpha value is -5.16. The van der Waals surface area contributed by atoms with Crippen molar-refractivity contribution >= 4 is 52.3 Å². The Balaban J connectivity index is 0.730. The average Bonchev–Trinajstić information content (AvgIpc) is 3.77. The van der Waals surface area contributed by atoms with Crippen LogP contribution < -0.4 is 20.0 Å². The van der Waals surface area contributed by atoms with Crippen LogP contribution >= 0.6 is 11.6 Å². The van der Waals surface area contributed by atoms with Gasteiger partial charge in [-0.1, -0.05) is 11.6 Å². The summed E-state index contributed by atoms with van der Waals surface area (Å²) in [6.07, 6.45) is 4.41. The lowest BCUT2D eigenvalue weighted by atomic mass is 9.77. The van der Waals surface area contributed by atoms with Gasteiger partial charge in [0.05, 0.1) is 27.8 Å². The van der Waals surface area contributed by atoms with Gasteiger partial charge < -0.3 is 30.0 Å². The number of nitriles is 1. The van der Waals surface area contributed by atoms with E-state index in [-0.39, 0.29) is 30.1 Å². The summed E-state index contributed by atoms with van der Waals surface area (Å²) < 4.78 is 0. The van der Waals surface area contributed by atoms with Crippen molar-refractivity contribution in [3.05, 3.63) is 87.9 Å². The van der Waals surface area contributed by atoms with Gasteiger partial charge >= 0.3 is 0 Å². The van der Waals surface area contributed by atoms with Gasteiger partial charge in [0.1, 0.15) is 12.3 Å². The predicted molar refractivity (Wildman–Crippen MR) is 220 cm³/mol. The zero-order valence-corrected chi connectivity index (χ0v) is 33.4. The molecule has 0 aromatic heterocycles. The third-order valence-corrected chi connectivity index (χ3v) is 14.0. The number of piperidine rings is 3. The van der Waals surface area contributed by atoms with Crippen LogP contribution in [-0.2, 0) is 4.79 Å². The van der Waals surface area contributed by atoms with E-state index in [1.54, 1.807) is 12.1 Å². The summed E-state index contributed by atoms with van der Waals surface area (Å²) in [5.41, 5.74) is 5.34. The first kappa shape index (κ1) is 38.4. The summed E-state index contributed by atoms with van der Waals surface area (Å²) in [6, 6.07) is 21.1. The summed E-state index contributed by atoms with van der Waals surface area (Å²) in [4.78, 5) is 64.5. The molecule has 3 aromatic carbocycles. The van der Waals surface area contributed by atoms with Gasteiger partial charge in [0.25, 0.3) is 17.7 Å². The second kappa shape index (κ2) is 15.5. The van der Waals surface area contributed by atoms with Crippen LogP contribution in [0.4, 0.5) is 17.1 Å². The maximum Gasteiger partial charge on any atom is 0.262 e. The molecular formula is C44H49ClN8O5. The van der Waals surface area contributed by atoms with Crippen molar-refractivity contribution in [2.24, 2.45) is 5.41 Å². The van der Waals surface area contributed by atoms with Gasteiger partial charge in [-0.15, -0.1) is 0 Å². The molecule has 5 saturated heterocycles. The number of imide groups is 1. The van der Waals surface area contributed by atoms with Crippen molar-refractivity contribution in [3.8, 4) is 6.07 Å². The normalized spacial score (nSPS) is 24.0. The number of nitrogens with zero attached hydrogens (tertiary/aromatic N) is 7. The maximum atomic E-state index is 13.6. The Bertz CT molecular complexity index is 2150. The first-order valence-electron chi connectivity index (χ1n) is 20.7. The molecule has 14 heteroatoms. The molecule has 2 atom stereocenters. The average molecular weight is 805 g/mol. The number of nitrogens with one attached hydrogen (secondary N) is 1. The van der Waals surface area contributed by atoms with E-state index >= 15 is 0 Å². The fraction of sp³-hybridized carbons (Fsp3) is 0.477. The number of halogens is 1. The van der Waals surface area contributed by atoms with Crippen LogP contribution in [-0.4, -0.2) is 127 Å². The SMILES string of the molecule is N#Cc1ccc(N2CCC3(CCN(c4ccc(C(=O)N5CCN(C6CCN(c7ccc8c(c7)C(=O)N(C7CCC(=O)NC7O)C8=O)CC6)CC5)cc4)CC3)C2)cc1Cl. The largest absolute Gasteiger partial charge is 0.372 e. The molecule has 2 unspecified atom stereocenters. The lowest BCUT2D eigenvalue weighted by Gasteiger charge is -2.43. The first-order chi connectivity index (χ1) is 28.1. The van der Waals surface area contributed by atoms with E-state index in [0.29, 0.717) is 40.8 Å². The number of amides is 4. The summed E-state index contributed by atoms with van der Waals surface area (Å²) in [7, 11) is 0. The highest BCUT2D eigenvalue weighted by Gasteiger charge is 2.45. The number of fused-ring (bicyclic) bond motifs is 1. The molecule has 0 bridgehead atoms. The third kappa shape index (κ3) is 7.16. The van der Waals surface area contributed by atoms with Gasteiger partial charge in [-0.2, -0.15) is 5.26 Å². The standard InChI is InChI=1S/C44H49ClN8O5/c45-37-26-34(6-3-30(37)27-46)52-20-15-44(28-52)13-18-49(19-14-44)31-4-1-29(2-5-31)41(56)51-23-21-50(22-24-51)32-11-16-48(17-12-32)33-7-8-35-36(25-33)43(58)53(42(35)57)38-9-10-39(54)47-40(38)55/h1-8,25-26,32,38,40,55H,9-24,28H2,(H,47,54). The zero-order valence-electron chi connectivity index (χ0n) is 32.6. The zero-order chi connectivity index (χ0) is 40.1. The van der Waals surface area contributed by atoms with Crippen molar-refractivity contribution in [3.63, 3.8) is 0 Å². The molecule has 0 saturated carbocycles. The Morgan fingerprint density at radius 3 is 2.03 bits per heavy atom. The van der Waals surface area contributed by atoms with E-state index in [1.807, 2.05) is 41.3 Å². The van der Waals surface area contributed by atoms with Crippen LogP contribution in [0.5, 0.6) is 0 Å². The van der Waals surface area contributed by atoms with Crippen LogP contribution in [0.3, 0.4) is 0 Å². The minimum atomic E-state index is -1.28. The topological polar surface area (TPSA) is 144 Å². The van der Waals surface area contributed by atoms with E-state index < -0.39 is 24.1 Å². The predicted octanol–water partition coefficient (Wildman–Crippen LogP) is 4.33. The number of hydrogen-bond donors (Lipinski definition) is 2. The Kier molecular flexibility index (Phi) is 10.3. The number of piperazine rings is 1. The molecule has 0 aliphatic carbocycles. The highest BCUT2D eigenvalue weighted by Crippen LogP contribution is 2.43. The van der Waals surface area contributed by atoms with E-state index in [4.69, 9.17) is 11.6 Å². The number of aliphatic hydroxyl groups is 1. The van der Waals surface area contributed by atoms with Crippen molar-refractivity contribution < 1.29 is 24.3 Å². The molecule has 58 heavy (non-hydrogen) atoms. The molecule has 4 amide bonds. The molecule has 6 aliphatic heterocycles. The minimum absolute atomic E-state index is 0.0820. The van der Waals surface area contributed by atoms with E-state index in [1.165, 1.54) is 0 Å². The van der Waals surface area contributed by atoms with Gasteiger partial charge in [-0.3, -0.25) is 29.0 Å². The Morgan fingerprint density at radius 1 is 0.741 bits per heavy atom. The van der Waals surface area contributed by atoms with Crippen molar-refractivity contribution in [2.75, 3.05) is 80.1 Å². The van der Waals surface area contributed by atoms with Crippen LogP contribution in [0, 0.1) is 16.7 Å². The molecule has 302 valence electrons. The quantitative estimate of drug-likeness (QED) is 0.346. The molecule has 13 nitrogen and oxygen atoms in total. The lowest BCUT2D eigenvalue weighted by molar-refractivity contribution is -0.129. The molecule has 0 radical (unpaired) electrons. The van der Waals surface area contributed by atoms with Crippen LogP contribution in [0.2, 0.25) is 5.02 Å². The number of hydrogen-bond acceptors (Lipinski definition) is 10. The van der Waals surface area contributed by atoms with E-state index in [9.17, 15) is 29.5 Å². The second-order valence-corrected chi connectivity index (χ2v) is 17.3. The summed E-state index contributed by atoms with van der Waals surface area (Å²) in [5.74, 6) is -1.07. The number of carbonyl (C=O) groups is 4. The van der Waals surface area contributed by atoms with Crippen molar-refractivity contribution in [2.45, 2.75) is 63.3 Å². The number of aliphatic hydroxyl groups excluding tert-OH is 1. The second-order valence-electron chi connectivity index (χ2n) is 16.9. The van der Waals surface area contributed by atoms with Crippen molar-refractivity contribution in [1.82, 2.24) is 20.0 Å². The number of anilines is 3. The highest BCUT2D eigenvalue weighted by atomic mass is 35.5. The number of rotatable bonds is 6. The van der Waals surface area contributed by atoms with Gasteiger partial charge in [-0.25, -0.2) is 0 Å². The molecule has 5 fully saturated rings. The van der Waals surface area contributed by atoms with E-state index in [2.05, 4.69) is 43.1 Å². The molecule has 3 aromatic rings. The molecule has 6 heterocycles. The smallest absolute Gasteiger partial charge is 0.262 e. The first-order valence-corrected chi connectivity index (χ1v) is 21.0. The molecular weight excluding hydrogens is 756 g/mol. The summed E-state index contributed by atoms with van der Waals surface area (Å²) >= 11 is 6.33. The molecule has 6 aliphatic rings. The monoisotopic (exact) mass is 804 g/mol. The number of benzene rings is 3. The summed E-state index contributed by atoms with van der Waals surface area (Å²) in [5, 5.41) is 22.6.